The SMILES string of the molecule is Oc1cccc([Si](c2ccccc2)(c2ccccc2)c2ccccc2)c1-c1c(O)cccc1[Si](c1ccccc1)(c1ccccc1)c1ccccc1. The maximum atomic E-state index is 12.4. The van der Waals surface area contributed by atoms with Gasteiger partial charge in [-0.3, -0.25) is 0 Å². The Morgan fingerprint density at radius 3 is 0.654 bits per heavy atom. The summed E-state index contributed by atoms with van der Waals surface area (Å²) in [7, 11) is -6.31. The van der Waals surface area contributed by atoms with Crippen LogP contribution >= 0.6 is 0 Å². The van der Waals surface area contributed by atoms with Crippen LogP contribution in [0.1, 0.15) is 0 Å². The normalized spacial score (nSPS) is 11.6. The molecule has 0 heterocycles. The summed E-state index contributed by atoms with van der Waals surface area (Å²) < 4.78 is 0. The molecule has 0 aliphatic heterocycles. The largest absolute Gasteiger partial charge is 0.507 e. The first-order chi connectivity index (χ1) is 25.7. The number of rotatable bonds is 9. The smallest absolute Gasteiger partial charge is 0.180 e. The van der Waals surface area contributed by atoms with Gasteiger partial charge in [-0.25, -0.2) is 0 Å². The van der Waals surface area contributed by atoms with Crippen molar-refractivity contribution in [1.82, 2.24) is 0 Å². The van der Waals surface area contributed by atoms with Crippen LogP contribution in [0.4, 0.5) is 0 Å². The lowest BCUT2D eigenvalue weighted by Gasteiger charge is -2.39. The molecule has 0 fully saturated rings. The van der Waals surface area contributed by atoms with E-state index < -0.39 is 16.1 Å². The summed E-state index contributed by atoms with van der Waals surface area (Å²) in [5.74, 6) is 0.272. The van der Waals surface area contributed by atoms with Gasteiger partial charge in [0.1, 0.15) is 11.5 Å². The molecule has 0 saturated heterocycles. The third kappa shape index (κ3) is 5.41. The van der Waals surface area contributed by atoms with Crippen molar-refractivity contribution in [3.63, 3.8) is 0 Å². The molecule has 0 bridgehead atoms. The second-order valence-electron chi connectivity index (χ2n) is 13.1. The maximum absolute atomic E-state index is 12.4. The van der Waals surface area contributed by atoms with E-state index in [1.54, 1.807) is 12.1 Å². The quantitative estimate of drug-likeness (QED) is 0.154. The number of phenolic OH excluding ortho intramolecular Hbond substituents is 2. The van der Waals surface area contributed by atoms with Gasteiger partial charge in [-0.1, -0.05) is 206 Å². The van der Waals surface area contributed by atoms with Crippen LogP contribution in [-0.2, 0) is 0 Å². The van der Waals surface area contributed by atoms with Gasteiger partial charge in [0, 0.05) is 11.1 Å². The Bertz CT molecular complexity index is 2040. The number of hydrogen-bond acceptors (Lipinski definition) is 2. The molecule has 0 aromatic heterocycles. The monoisotopic (exact) mass is 702 g/mol. The summed E-state index contributed by atoms with van der Waals surface area (Å²) in [6.07, 6.45) is 0. The second kappa shape index (κ2) is 14.2. The highest BCUT2D eigenvalue weighted by atomic mass is 28.3. The first kappa shape index (κ1) is 33.0. The molecule has 52 heavy (non-hydrogen) atoms. The molecule has 0 aliphatic rings. The summed E-state index contributed by atoms with van der Waals surface area (Å²) in [4.78, 5) is 0. The summed E-state index contributed by atoms with van der Waals surface area (Å²) in [5, 5.41) is 34.0. The molecule has 0 atom stereocenters. The Balaban J connectivity index is 1.57. The fourth-order valence-corrected chi connectivity index (χ4v) is 18.3. The third-order valence-electron chi connectivity index (χ3n) is 10.4. The van der Waals surface area contributed by atoms with Crippen molar-refractivity contribution in [1.29, 1.82) is 0 Å². The van der Waals surface area contributed by atoms with Gasteiger partial charge in [0.2, 0.25) is 0 Å². The highest BCUT2D eigenvalue weighted by molar-refractivity contribution is 7.21. The van der Waals surface area contributed by atoms with Gasteiger partial charge in [-0.15, -0.1) is 0 Å². The Labute approximate surface area is 307 Å². The van der Waals surface area contributed by atoms with Crippen LogP contribution in [0.2, 0.25) is 0 Å². The van der Waals surface area contributed by atoms with Crippen molar-refractivity contribution in [2.24, 2.45) is 0 Å². The minimum absolute atomic E-state index is 0.136. The number of phenols is 2. The lowest BCUT2D eigenvalue weighted by Crippen LogP contribution is -2.76. The second-order valence-corrected chi connectivity index (χ2v) is 20.6. The Morgan fingerprint density at radius 1 is 0.231 bits per heavy atom. The van der Waals surface area contributed by atoms with Crippen molar-refractivity contribution in [2.45, 2.75) is 0 Å². The zero-order chi connectivity index (χ0) is 35.4. The first-order valence-corrected chi connectivity index (χ1v) is 21.6. The van der Waals surface area contributed by atoms with Crippen LogP contribution in [0.25, 0.3) is 11.1 Å². The van der Waals surface area contributed by atoms with E-state index in [9.17, 15) is 10.2 Å². The van der Waals surface area contributed by atoms with Crippen LogP contribution in [0.5, 0.6) is 11.5 Å². The van der Waals surface area contributed by atoms with E-state index in [1.807, 2.05) is 12.1 Å². The van der Waals surface area contributed by atoms with E-state index >= 15 is 0 Å². The molecule has 0 spiro atoms. The fourth-order valence-electron chi connectivity index (χ4n) is 8.29. The zero-order valence-electron chi connectivity index (χ0n) is 28.7. The molecule has 0 saturated carbocycles. The van der Waals surface area contributed by atoms with Crippen LogP contribution in [0, 0.1) is 0 Å². The number of aromatic hydroxyl groups is 2. The van der Waals surface area contributed by atoms with Crippen LogP contribution < -0.4 is 41.5 Å². The third-order valence-corrected chi connectivity index (χ3v) is 20.0. The Morgan fingerprint density at radius 2 is 0.442 bits per heavy atom. The molecule has 4 heteroatoms. The Hall–Kier alpha value is -6.21. The summed E-state index contributed by atoms with van der Waals surface area (Å²) in [6.45, 7) is 0. The van der Waals surface area contributed by atoms with E-state index in [4.69, 9.17) is 0 Å². The highest BCUT2D eigenvalue weighted by Gasteiger charge is 2.47. The van der Waals surface area contributed by atoms with E-state index in [0.717, 1.165) is 10.4 Å². The van der Waals surface area contributed by atoms with E-state index in [-0.39, 0.29) is 11.5 Å². The molecule has 0 radical (unpaired) electrons. The molecular weight excluding hydrogens is 665 g/mol. The molecule has 8 rings (SSSR count). The summed E-state index contributed by atoms with van der Waals surface area (Å²) >= 11 is 0. The van der Waals surface area contributed by atoms with E-state index in [0.29, 0.717) is 11.1 Å². The molecule has 0 aliphatic carbocycles. The van der Waals surface area contributed by atoms with Crippen LogP contribution in [0.15, 0.2) is 218 Å². The molecule has 2 N–H and O–H groups in total. The predicted molar refractivity (Wildman–Crippen MR) is 222 cm³/mol. The van der Waals surface area contributed by atoms with Crippen LogP contribution in [0.3, 0.4) is 0 Å². The van der Waals surface area contributed by atoms with Gasteiger partial charge in [-0.05, 0) is 53.6 Å². The first-order valence-electron chi connectivity index (χ1n) is 17.6. The van der Waals surface area contributed by atoms with Crippen molar-refractivity contribution in [3.8, 4) is 22.6 Å². The van der Waals surface area contributed by atoms with Crippen molar-refractivity contribution >= 4 is 57.6 Å². The molecule has 0 amide bonds. The molecule has 0 unspecified atom stereocenters. The van der Waals surface area contributed by atoms with Gasteiger partial charge in [0.05, 0.1) is 0 Å². The number of benzene rings is 8. The average Bonchev–Trinajstić information content (AvgIpc) is 3.22. The molecule has 250 valence electrons. The lowest BCUT2D eigenvalue weighted by molar-refractivity contribution is 0.470. The summed E-state index contributed by atoms with van der Waals surface area (Å²) in [5.41, 5.74) is 1.33. The topological polar surface area (TPSA) is 40.5 Å². The van der Waals surface area contributed by atoms with Gasteiger partial charge >= 0.3 is 0 Å². The van der Waals surface area contributed by atoms with Gasteiger partial charge < -0.3 is 10.2 Å². The van der Waals surface area contributed by atoms with Gasteiger partial charge in [0.15, 0.2) is 16.1 Å². The predicted octanol–water partition coefficient (Wildman–Crippen LogP) is 5.52. The zero-order valence-corrected chi connectivity index (χ0v) is 30.7. The minimum Gasteiger partial charge on any atom is -0.507 e. The van der Waals surface area contributed by atoms with E-state index in [2.05, 4.69) is 194 Å². The highest BCUT2D eigenvalue weighted by Crippen LogP contribution is 2.36. The fraction of sp³-hybridized carbons (Fsp3) is 0. The van der Waals surface area contributed by atoms with Crippen molar-refractivity contribution in [2.75, 3.05) is 0 Å². The lowest BCUT2D eigenvalue weighted by atomic mass is 10.0. The molecular formula is C48H38O2Si2. The van der Waals surface area contributed by atoms with E-state index in [1.165, 1.54) is 31.1 Å². The standard InChI is InChI=1S/C48H38O2Si2/c49-43-33-19-35-45(51(37-21-7-1-8-22-37,38-23-9-2-10-24-38)39-25-11-3-12-26-39)47(43)48-44(50)34-20-36-46(48)52(40-27-13-4-14-28-40,41-29-15-5-16-30-41)42-31-17-6-18-32-42/h1-36,49-50H. The average molecular weight is 703 g/mol. The minimum atomic E-state index is -3.16. The molecule has 8 aromatic carbocycles. The maximum Gasteiger partial charge on any atom is 0.180 e. The summed E-state index contributed by atoms with van der Waals surface area (Å²) in [6, 6.07) is 76.1. The van der Waals surface area contributed by atoms with Crippen molar-refractivity contribution < 1.29 is 10.2 Å². The van der Waals surface area contributed by atoms with Crippen molar-refractivity contribution in [3.05, 3.63) is 218 Å². The molecule has 8 aromatic rings. The van der Waals surface area contributed by atoms with Crippen LogP contribution in [-0.4, -0.2) is 26.4 Å². The van der Waals surface area contributed by atoms with Gasteiger partial charge in [0.25, 0.3) is 0 Å². The Kier molecular flexibility index (Phi) is 9.00. The van der Waals surface area contributed by atoms with Gasteiger partial charge in [-0.2, -0.15) is 0 Å². The number of hydrogen-bond donors (Lipinski definition) is 2. The molecule has 2 nitrogen and oxygen atoms in total.